The van der Waals surface area contributed by atoms with Crippen LogP contribution in [0.5, 0.6) is 0 Å². The molecule has 0 amide bonds. The first-order valence-corrected chi connectivity index (χ1v) is 7.96. The minimum atomic E-state index is 0.329. The molecule has 0 bridgehead atoms. The van der Waals surface area contributed by atoms with Crippen molar-refractivity contribution < 1.29 is 0 Å². The second-order valence-corrected chi connectivity index (χ2v) is 7.28. The van der Waals surface area contributed by atoms with Crippen LogP contribution in [0.15, 0.2) is 0 Å². The average molecular weight is 252 g/mol. The van der Waals surface area contributed by atoms with Crippen LogP contribution in [0.2, 0.25) is 0 Å². The Morgan fingerprint density at radius 3 is 2.56 bits per heavy atom. The van der Waals surface area contributed by atoms with Crippen molar-refractivity contribution in [1.29, 1.82) is 0 Å². The fourth-order valence-electron chi connectivity index (χ4n) is 3.95. The number of nitrogens with one attached hydrogen (secondary N) is 1. The Hall–Kier alpha value is -0.0800. The third-order valence-corrected chi connectivity index (χ3v) is 5.51. The van der Waals surface area contributed by atoms with E-state index in [2.05, 4.69) is 44.8 Å². The molecular formula is C16H32N2. The molecule has 2 fully saturated rings. The molecule has 0 radical (unpaired) electrons. The maximum Gasteiger partial charge on any atom is 0.0278 e. The summed E-state index contributed by atoms with van der Waals surface area (Å²) >= 11 is 0. The smallest absolute Gasteiger partial charge is 0.0278 e. The molecule has 5 atom stereocenters. The van der Waals surface area contributed by atoms with E-state index < -0.39 is 0 Å². The number of nitrogens with zero attached hydrogens (tertiary/aromatic N) is 1. The van der Waals surface area contributed by atoms with Gasteiger partial charge in [-0.1, -0.05) is 20.8 Å². The topological polar surface area (TPSA) is 15.3 Å². The highest BCUT2D eigenvalue weighted by molar-refractivity contribution is 4.97. The van der Waals surface area contributed by atoms with Crippen LogP contribution in [-0.2, 0) is 0 Å². The molecule has 0 aromatic carbocycles. The van der Waals surface area contributed by atoms with Crippen LogP contribution in [-0.4, -0.2) is 35.6 Å². The molecule has 18 heavy (non-hydrogen) atoms. The average Bonchev–Trinajstić information content (AvgIpc) is 2.33. The Kier molecular flexibility index (Phi) is 4.38. The molecule has 106 valence electrons. The van der Waals surface area contributed by atoms with Crippen molar-refractivity contribution in [2.75, 3.05) is 13.1 Å². The molecule has 2 rings (SSSR count). The first-order valence-electron chi connectivity index (χ1n) is 7.96. The molecule has 5 unspecified atom stereocenters. The lowest BCUT2D eigenvalue weighted by Crippen LogP contribution is -2.65. The van der Waals surface area contributed by atoms with Crippen LogP contribution in [0, 0.1) is 11.8 Å². The number of rotatable bonds is 2. The normalized spacial score (nSPS) is 47.2. The molecule has 0 aromatic heterocycles. The lowest BCUT2D eigenvalue weighted by molar-refractivity contribution is 0.00888. The summed E-state index contributed by atoms with van der Waals surface area (Å²) in [5.41, 5.74) is 0.329. The summed E-state index contributed by atoms with van der Waals surface area (Å²) in [6.45, 7) is 14.4. The Morgan fingerprint density at radius 2 is 1.94 bits per heavy atom. The largest absolute Gasteiger partial charge is 0.309 e. The summed E-state index contributed by atoms with van der Waals surface area (Å²) < 4.78 is 0. The minimum absolute atomic E-state index is 0.329. The van der Waals surface area contributed by atoms with Crippen molar-refractivity contribution >= 4 is 0 Å². The van der Waals surface area contributed by atoms with Gasteiger partial charge in [0.2, 0.25) is 0 Å². The highest BCUT2D eigenvalue weighted by Gasteiger charge is 2.39. The number of piperazine rings is 1. The summed E-state index contributed by atoms with van der Waals surface area (Å²) in [5.74, 6) is 1.81. The second-order valence-electron chi connectivity index (χ2n) is 7.28. The van der Waals surface area contributed by atoms with E-state index >= 15 is 0 Å². The van der Waals surface area contributed by atoms with Crippen LogP contribution >= 0.6 is 0 Å². The van der Waals surface area contributed by atoms with Gasteiger partial charge < -0.3 is 5.32 Å². The minimum Gasteiger partial charge on any atom is -0.309 e. The maximum absolute atomic E-state index is 3.75. The predicted molar refractivity (Wildman–Crippen MR) is 78.8 cm³/mol. The molecule has 1 aliphatic heterocycles. The van der Waals surface area contributed by atoms with E-state index in [1.807, 2.05) is 0 Å². The molecule has 1 aliphatic carbocycles. The van der Waals surface area contributed by atoms with Crippen molar-refractivity contribution in [1.82, 2.24) is 10.2 Å². The van der Waals surface area contributed by atoms with Crippen LogP contribution in [0.4, 0.5) is 0 Å². The Labute approximate surface area is 114 Å². The molecule has 0 aromatic rings. The first kappa shape index (κ1) is 14.3. The van der Waals surface area contributed by atoms with Crippen LogP contribution < -0.4 is 5.32 Å². The Bertz CT molecular complexity index is 278. The van der Waals surface area contributed by atoms with E-state index in [9.17, 15) is 0 Å². The van der Waals surface area contributed by atoms with Crippen molar-refractivity contribution in [2.24, 2.45) is 11.8 Å². The van der Waals surface area contributed by atoms with Crippen molar-refractivity contribution in [3.8, 4) is 0 Å². The lowest BCUT2D eigenvalue weighted by atomic mass is 9.77. The summed E-state index contributed by atoms with van der Waals surface area (Å²) in [7, 11) is 0. The molecule has 1 saturated carbocycles. The van der Waals surface area contributed by atoms with Gasteiger partial charge in [-0.25, -0.2) is 0 Å². The monoisotopic (exact) mass is 252 g/mol. The zero-order chi connectivity index (χ0) is 13.3. The summed E-state index contributed by atoms with van der Waals surface area (Å²) in [6.07, 6.45) is 5.48. The van der Waals surface area contributed by atoms with Crippen LogP contribution in [0.3, 0.4) is 0 Å². The van der Waals surface area contributed by atoms with E-state index in [4.69, 9.17) is 0 Å². The Balaban J connectivity index is 2.05. The van der Waals surface area contributed by atoms with E-state index in [0.717, 1.165) is 24.4 Å². The van der Waals surface area contributed by atoms with Gasteiger partial charge >= 0.3 is 0 Å². The van der Waals surface area contributed by atoms with E-state index in [1.54, 1.807) is 0 Å². The molecule has 1 heterocycles. The molecule has 0 spiro atoms. The van der Waals surface area contributed by atoms with E-state index in [1.165, 1.54) is 32.2 Å². The Morgan fingerprint density at radius 1 is 1.22 bits per heavy atom. The fourth-order valence-corrected chi connectivity index (χ4v) is 3.95. The van der Waals surface area contributed by atoms with E-state index in [0.29, 0.717) is 11.6 Å². The third-order valence-electron chi connectivity index (χ3n) is 5.51. The first-order chi connectivity index (χ1) is 8.45. The van der Waals surface area contributed by atoms with Gasteiger partial charge in [-0.15, -0.1) is 0 Å². The highest BCUT2D eigenvalue weighted by Crippen LogP contribution is 2.34. The number of hydrogen-bond acceptors (Lipinski definition) is 2. The molecular weight excluding hydrogens is 220 g/mol. The summed E-state index contributed by atoms with van der Waals surface area (Å²) in [5, 5.41) is 3.75. The zero-order valence-corrected chi connectivity index (χ0v) is 13.0. The summed E-state index contributed by atoms with van der Waals surface area (Å²) in [6, 6.07) is 1.52. The van der Waals surface area contributed by atoms with E-state index in [-0.39, 0.29) is 0 Å². The van der Waals surface area contributed by atoms with Crippen molar-refractivity contribution in [2.45, 2.75) is 77.9 Å². The molecule has 2 heteroatoms. The van der Waals surface area contributed by atoms with Gasteiger partial charge in [0.1, 0.15) is 0 Å². The lowest BCUT2D eigenvalue weighted by Gasteiger charge is -2.51. The van der Waals surface area contributed by atoms with Crippen molar-refractivity contribution in [3.63, 3.8) is 0 Å². The van der Waals surface area contributed by atoms with Crippen LogP contribution in [0.25, 0.3) is 0 Å². The molecule has 1 saturated heterocycles. The highest BCUT2D eigenvalue weighted by atomic mass is 15.3. The maximum atomic E-state index is 3.75. The fraction of sp³-hybridized carbons (Fsp3) is 1.00. The van der Waals surface area contributed by atoms with Gasteiger partial charge in [0, 0.05) is 30.7 Å². The van der Waals surface area contributed by atoms with Gasteiger partial charge in [0.05, 0.1) is 0 Å². The number of hydrogen-bond donors (Lipinski definition) is 1. The third kappa shape index (κ3) is 2.91. The SMILES string of the molecule is CCC1(C)CN(C2CCC(C)CC2C)C(C)CN1. The van der Waals surface area contributed by atoms with Crippen molar-refractivity contribution in [3.05, 3.63) is 0 Å². The molecule has 1 N–H and O–H groups in total. The van der Waals surface area contributed by atoms with Gasteiger partial charge in [-0.05, 0) is 51.4 Å². The van der Waals surface area contributed by atoms with Gasteiger partial charge in [0.15, 0.2) is 0 Å². The standard InChI is InChI=1S/C16H32N2/c1-6-16(5)11-18(14(4)10-17-16)15-8-7-12(2)9-13(15)3/h12-15,17H,6-11H2,1-5H3. The van der Waals surface area contributed by atoms with Gasteiger partial charge in [-0.2, -0.15) is 0 Å². The second kappa shape index (κ2) is 5.50. The zero-order valence-electron chi connectivity index (χ0n) is 13.0. The predicted octanol–water partition coefficient (Wildman–Crippen LogP) is 3.27. The molecule has 2 nitrogen and oxygen atoms in total. The van der Waals surface area contributed by atoms with Gasteiger partial charge in [0.25, 0.3) is 0 Å². The quantitative estimate of drug-likeness (QED) is 0.811. The van der Waals surface area contributed by atoms with Crippen LogP contribution in [0.1, 0.15) is 60.3 Å². The van der Waals surface area contributed by atoms with Gasteiger partial charge in [-0.3, -0.25) is 4.90 Å². The molecule has 2 aliphatic rings. The summed E-state index contributed by atoms with van der Waals surface area (Å²) in [4.78, 5) is 2.82.